The van der Waals surface area contributed by atoms with E-state index < -0.39 is 0 Å². The second-order valence-corrected chi connectivity index (χ2v) is 5.23. The number of halogens is 1. The Morgan fingerprint density at radius 1 is 1.24 bits per heavy atom. The molecule has 1 saturated heterocycles. The van der Waals surface area contributed by atoms with Gasteiger partial charge in [0.25, 0.3) is 5.91 Å². The lowest BCUT2D eigenvalue weighted by atomic mass is 10.2. The predicted molar refractivity (Wildman–Crippen MR) is 80.1 cm³/mol. The summed E-state index contributed by atoms with van der Waals surface area (Å²) in [6.45, 7) is 0.643. The van der Waals surface area contributed by atoms with Gasteiger partial charge in [0.1, 0.15) is 6.10 Å². The summed E-state index contributed by atoms with van der Waals surface area (Å²) in [5.74, 6) is 0.442. The van der Waals surface area contributed by atoms with Crippen LogP contribution < -0.4 is 5.32 Å². The van der Waals surface area contributed by atoms with Gasteiger partial charge in [-0.25, -0.2) is 9.97 Å². The molecule has 1 aliphatic rings. The first-order valence-electron chi connectivity index (χ1n) is 6.73. The van der Waals surface area contributed by atoms with Crippen LogP contribution in [0.3, 0.4) is 0 Å². The molecule has 0 aliphatic carbocycles. The van der Waals surface area contributed by atoms with Crippen LogP contribution in [0.1, 0.15) is 12.8 Å². The highest BCUT2D eigenvalue weighted by Crippen LogP contribution is 2.19. The standard InChI is InChI=1S/C15H14ClN3O2/c16-11-5-3-10(4-6-11)14-17-8-12(9-18-14)19-15(20)13-2-1-7-21-13/h3-6,8-9,13H,1-2,7H2,(H,19,20)/t13-/m1/s1. The molecule has 108 valence electrons. The number of hydrogen-bond donors (Lipinski definition) is 1. The van der Waals surface area contributed by atoms with Crippen LogP contribution in [-0.4, -0.2) is 28.6 Å². The maximum atomic E-state index is 11.9. The average molecular weight is 304 g/mol. The molecule has 6 heteroatoms. The molecule has 0 radical (unpaired) electrons. The van der Waals surface area contributed by atoms with Gasteiger partial charge in [-0.05, 0) is 37.1 Å². The molecule has 1 aliphatic heterocycles. The molecule has 1 amide bonds. The molecule has 0 saturated carbocycles. The number of nitrogens with zero attached hydrogens (tertiary/aromatic N) is 2. The third kappa shape index (κ3) is 3.37. The number of rotatable bonds is 3. The highest BCUT2D eigenvalue weighted by Gasteiger charge is 2.23. The van der Waals surface area contributed by atoms with Crippen molar-refractivity contribution in [1.82, 2.24) is 9.97 Å². The highest BCUT2D eigenvalue weighted by atomic mass is 35.5. The normalized spacial score (nSPS) is 17.7. The van der Waals surface area contributed by atoms with Gasteiger partial charge in [0.15, 0.2) is 5.82 Å². The smallest absolute Gasteiger partial charge is 0.253 e. The molecule has 1 fully saturated rings. The van der Waals surface area contributed by atoms with E-state index in [0.29, 0.717) is 23.1 Å². The van der Waals surface area contributed by atoms with Crippen molar-refractivity contribution in [2.45, 2.75) is 18.9 Å². The number of amides is 1. The molecule has 0 unspecified atom stereocenters. The summed E-state index contributed by atoms with van der Waals surface area (Å²) < 4.78 is 5.33. The average Bonchev–Trinajstić information content (AvgIpc) is 3.03. The van der Waals surface area contributed by atoms with Crippen molar-refractivity contribution in [1.29, 1.82) is 0 Å². The minimum absolute atomic E-state index is 0.143. The van der Waals surface area contributed by atoms with Crippen molar-refractivity contribution < 1.29 is 9.53 Å². The van der Waals surface area contributed by atoms with E-state index in [0.717, 1.165) is 18.4 Å². The number of carbonyl (C=O) groups excluding carboxylic acids is 1. The Bertz CT molecular complexity index is 622. The summed E-state index contributed by atoms with van der Waals surface area (Å²) in [6, 6.07) is 7.27. The zero-order chi connectivity index (χ0) is 14.7. The summed E-state index contributed by atoms with van der Waals surface area (Å²) >= 11 is 5.84. The number of carbonyl (C=O) groups is 1. The van der Waals surface area contributed by atoms with Crippen LogP contribution >= 0.6 is 11.6 Å². The van der Waals surface area contributed by atoms with Crippen LogP contribution in [0.5, 0.6) is 0 Å². The maximum absolute atomic E-state index is 11.9. The summed E-state index contributed by atoms with van der Waals surface area (Å²) in [4.78, 5) is 20.4. The summed E-state index contributed by atoms with van der Waals surface area (Å²) in [5, 5.41) is 3.43. The zero-order valence-electron chi connectivity index (χ0n) is 11.3. The first-order valence-corrected chi connectivity index (χ1v) is 7.10. The largest absolute Gasteiger partial charge is 0.368 e. The van der Waals surface area contributed by atoms with Gasteiger partial charge in [0, 0.05) is 17.2 Å². The van der Waals surface area contributed by atoms with E-state index in [4.69, 9.17) is 16.3 Å². The Morgan fingerprint density at radius 3 is 2.57 bits per heavy atom. The molecule has 1 aromatic heterocycles. The van der Waals surface area contributed by atoms with Crippen LogP contribution in [-0.2, 0) is 9.53 Å². The Kier molecular flexibility index (Phi) is 4.13. The Morgan fingerprint density at radius 2 is 1.95 bits per heavy atom. The number of hydrogen-bond acceptors (Lipinski definition) is 4. The minimum Gasteiger partial charge on any atom is -0.368 e. The maximum Gasteiger partial charge on any atom is 0.253 e. The molecule has 1 atom stereocenters. The van der Waals surface area contributed by atoms with Gasteiger partial charge in [-0.3, -0.25) is 4.79 Å². The lowest BCUT2D eigenvalue weighted by Gasteiger charge is -2.10. The monoisotopic (exact) mass is 303 g/mol. The van der Waals surface area contributed by atoms with E-state index in [1.54, 1.807) is 24.5 Å². The molecular weight excluding hydrogens is 290 g/mol. The fraction of sp³-hybridized carbons (Fsp3) is 0.267. The van der Waals surface area contributed by atoms with Gasteiger partial charge in [0.2, 0.25) is 0 Å². The van der Waals surface area contributed by atoms with Gasteiger partial charge >= 0.3 is 0 Å². The van der Waals surface area contributed by atoms with Gasteiger partial charge in [-0.2, -0.15) is 0 Å². The lowest BCUT2D eigenvalue weighted by Crippen LogP contribution is -2.26. The Balaban J connectivity index is 1.69. The zero-order valence-corrected chi connectivity index (χ0v) is 12.0. The Hall–Kier alpha value is -1.98. The topological polar surface area (TPSA) is 64.1 Å². The third-order valence-electron chi connectivity index (χ3n) is 3.24. The van der Waals surface area contributed by atoms with Crippen molar-refractivity contribution in [3.05, 3.63) is 41.7 Å². The van der Waals surface area contributed by atoms with Crippen LogP contribution in [0.4, 0.5) is 5.69 Å². The Labute approximate surface area is 127 Å². The molecule has 21 heavy (non-hydrogen) atoms. The van der Waals surface area contributed by atoms with Gasteiger partial charge in [-0.15, -0.1) is 0 Å². The van der Waals surface area contributed by atoms with Crippen LogP contribution in [0.15, 0.2) is 36.7 Å². The molecule has 0 bridgehead atoms. The van der Waals surface area contributed by atoms with Crippen molar-refractivity contribution >= 4 is 23.2 Å². The highest BCUT2D eigenvalue weighted by molar-refractivity contribution is 6.30. The van der Waals surface area contributed by atoms with Crippen LogP contribution in [0.2, 0.25) is 5.02 Å². The number of aromatic nitrogens is 2. The molecule has 2 aromatic rings. The second kappa shape index (κ2) is 6.20. The van der Waals surface area contributed by atoms with E-state index in [-0.39, 0.29) is 12.0 Å². The molecular formula is C15H14ClN3O2. The van der Waals surface area contributed by atoms with Crippen molar-refractivity contribution in [3.63, 3.8) is 0 Å². The van der Waals surface area contributed by atoms with E-state index in [1.165, 1.54) is 0 Å². The van der Waals surface area contributed by atoms with E-state index in [2.05, 4.69) is 15.3 Å². The summed E-state index contributed by atoms with van der Waals surface area (Å²) in [5.41, 5.74) is 1.43. The molecule has 1 aromatic carbocycles. The number of anilines is 1. The first-order chi connectivity index (χ1) is 10.2. The van der Waals surface area contributed by atoms with Gasteiger partial charge in [0.05, 0.1) is 18.1 Å². The number of nitrogens with one attached hydrogen (secondary N) is 1. The molecule has 2 heterocycles. The quantitative estimate of drug-likeness (QED) is 0.947. The fourth-order valence-corrected chi connectivity index (χ4v) is 2.27. The third-order valence-corrected chi connectivity index (χ3v) is 3.50. The van der Waals surface area contributed by atoms with Crippen LogP contribution in [0.25, 0.3) is 11.4 Å². The van der Waals surface area contributed by atoms with Gasteiger partial charge in [-0.1, -0.05) is 11.6 Å². The van der Waals surface area contributed by atoms with Crippen molar-refractivity contribution in [2.75, 3.05) is 11.9 Å². The molecule has 1 N–H and O–H groups in total. The SMILES string of the molecule is O=C(Nc1cnc(-c2ccc(Cl)cc2)nc1)[C@H]1CCCO1. The van der Waals surface area contributed by atoms with Crippen LogP contribution in [0, 0.1) is 0 Å². The fourth-order valence-electron chi connectivity index (χ4n) is 2.15. The molecule has 3 rings (SSSR count). The summed E-state index contributed by atoms with van der Waals surface area (Å²) in [7, 11) is 0. The van der Waals surface area contributed by atoms with E-state index in [1.807, 2.05) is 12.1 Å². The first kappa shape index (κ1) is 14.0. The summed E-state index contributed by atoms with van der Waals surface area (Å²) in [6.07, 6.45) is 4.49. The van der Waals surface area contributed by atoms with E-state index in [9.17, 15) is 4.79 Å². The number of ether oxygens (including phenoxy) is 1. The van der Waals surface area contributed by atoms with Crippen molar-refractivity contribution in [2.24, 2.45) is 0 Å². The minimum atomic E-state index is -0.360. The molecule has 5 nitrogen and oxygen atoms in total. The van der Waals surface area contributed by atoms with E-state index >= 15 is 0 Å². The molecule has 0 spiro atoms. The lowest BCUT2D eigenvalue weighted by molar-refractivity contribution is -0.124. The number of benzene rings is 1. The second-order valence-electron chi connectivity index (χ2n) is 4.79. The van der Waals surface area contributed by atoms with Crippen molar-refractivity contribution in [3.8, 4) is 11.4 Å². The predicted octanol–water partition coefficient (Wildman–Crippen LogP) is 2.91. The van der Waals surface area contributed by atoms with Gasteiger partial charge < -0.3 is 10.1 Å².